The van der Waals surface area contributed by atoms with Crippen LogP contribution in [0.15, 0.2) is 48.5 Å². The van der Waals surface area contributed by atoms with E-state index in [0.717, 1.165) is 5.56 Å². The molecule has 3 nitrogen and oxygen atoms in total. The number of rotatable bonds is 5. The Morgan fingerprint density at radius 3 is 2.62 bits per heavy atom. The Labute approximate surface area is 130 Å². The van der Waals surface area contributed by atoms with Crippen molar-refractivity contribution in [3.63, 3.8) is 0 Å². The largest absolute Gasteiger partial charge is 0.497 e. The van der Waals surface area contributed by atoms with Gasteiger partial charge in [0.1, 0.15) is 5.75 Å². The van der Waals surface area contributed by atoms with E-state index >= 15 is 0 Å². The smallest absolute Gasteiger partial charge is 0.254 e. The minimum Gasteiger partial charge on any atom is -0.497 e. The first-order valence-corrected chi connectivity index (χ1v) is 7.20. The van der Waals surface area contributed by atoms with Crippen molar-refractivity contribution in [1.29, 1.82) is 0 Å². The monoisotopic (exact) mass is 303 g/mol. The molecule has 0 fully saturated rings. The second kappa shape index (κ2) is 7.14. The maximum absolute atomic E-state index is 12.6. The summed E-state index contributed by atoms with van der Waals surface area (Å²) in [6.45, 7) is 3.06. The summed E-state index contributed by atoms with van der Waals surface area (Å²) in [6.07, 6.45) is 0. The zero-order chi connectivity index (χ0) is 15.2. The van der Waals surface area contributed by atoms with Crippen molar-refractivity contribution in [3.8, 4) is 5.75 Å². The molecule has 0 aliphatic carbocycles. The highest BCUT2D eigenvalue weighted by Gasteiger charge is 2.16. The van der Waals surface area contributed by atoms with E-state index in [9.17, 15) is 4.79 Å². The van der Waals surface area contributed by atoms with Gasteiger partial charge in [-0.25, -0.2) is 0 Å². The van der Waals surface area contributed by atoms with Gasteiger partial charge in [0.25, 0.3) is 5.91 Å². The molecule has 2 rings (SSSR count). The van der Waals surface area contributed by atoms with Crippen molar-refractivity contribution in [1.82, 2.24) is 4.90 Å². The number of hydrogen-bond acceptors (Lipinski definition) is 2. The number of methoxy groups -OCH3 is 1. The number of hydrogen-bond donors (Lipinski definition) is 0. The molecule has 0 saturated heterocycles. The van der Waals surface area contributed by atoms with Gasteiger partial charge in [-0.1, -0.05) is 35.9 Å². The van der Waals surface area contributed by atoms with E-state index in [1.54, 1.807) is 24.1 Å². The number of halogens is 1. The van der Waals surface area contributed by atoms with Crippen LogP contribution < -0.4 is 4.74 Å². The lowest BCUT2D eigenvalue weighted by Crippen LogP contribution is -2.30. The van der Waals surface area contributed by atoms with E-state index in [0.29, 0.717) is 29.4 Å². The van der Waals surface area contributed by atoms with E-state index in [2.05, 4.69) is 0 Å². The summed E-state index contributed by atoms with van der Waals surface area (Å²) in [7, 11) is 1.59. The number of ether oxygens (including phenoxy) is 1. The molecule has 4 heteroatoms. The summed E-state index contributed by atoms with van der Waals surface area (Å²) in [4.78, 5) is 14.3. The first-order chi connectivity index (χ1) is 10.2. The summed E-state index contributed by atoms with van der Waals surface area (Å²) in [5.74, 6) is 0.644. The van der Waals surface area contributed by atoms with Gasteiger partial charge in [-0.05, 0) is 36.8 Å². The third-order valence-corrected chi connectivity index (χ3v) is 3.67. The number of carbonyl (C=O) groups is 1. The lowest BCUT2D eigenvalue weighted by atomic mass is 10.1. The SMILES string of the molecule is CCN(Cc1ccccc1Cl)C(=O)c1cccc(OC)c1. The third-order valence-electron chi connectivity index (χ3n) is 3.30. The highest BCUT2D eigenvalue weighted by atomic mass is 35.5. The van der Waals surface area contributed by atoms with Crippen LogP contribution >= 0.6 is 11.6 Å². The Kier molecular flexibility index (Phi) is 5.23. The lowest BCUT2D eigenvalue weighted by molar-refractivity contribution is 0.0752. The van der Waals surface area contributed by atoms with E-state index < -0.39 is 0 Å². The average Bonchev–Trinajstić information content (AvgIpc) is 2.53. The Morgan fingerprint density at radius 2 is 1.95 bits per heavy atom. The van der Waals surface area contributed by atoms with Crippen molar-refractivity contribution in [3.05, 3.63) is 64.7 Å². The maximum atomic E-state index is 12.6. The van der Waals surface area contributed by atoms with Crippen molar-refractivity contribution < 1.29 is 9.53 Å². The molecule has 21 heavy (non-hydrogen) atoms. The molecule has 0 radical (unpaired) electrons. The fourth-order valence-electron chi connectivity index (χ4n) is 2.10. The topological polar surface area (TPSA) is 29.5 Å². The van der Waals surface area contributed by atoms with Gasteiger partial charge in [-0.2, -0.15) is 0 Å². The minimum atomic E-state index is -0.0312. The van der Waals surface area contributed by atoms with Crippen LogP contribution in [0, 0.1) is 0 Å². The van der Waals surface area contributed by atoms with Crippen molar-refractivity contribution in [2.45, 2.75) is 13.5 Å². The summed E-state index contributed by atoms with van der Waals surface area (Å²) >= 11 is 6.17. The lowest BCUT2D eigenvalue weighted by Gasteiger charge is -2.22. The Hall–Kier alpha value is -2.00. The second-order valence-electron chi connectivity index (χ2n) is 4.64. The van der Waals surface area contributed by atoms with Crippen molar-refractivity contribution >= 4 is 17.5 Å². The van der Waals surface area contributed by atoms with Gasteiger partial charge < -0.3 is 9.64 Å². The zero-order valence-electron chi connectivity index (χ0n) is 12.2. The van der Waals surface area contributed by atoms with Crippen molar-refractivity contribution in [2.75, 3.05) is 13.7 Å². The Balaban J connectivity index is 2.20. The van der Waals surface area contributed by atoms with Gasteiger partial charge in [0.2, 0.25) is 0 Å². The number of benzene rings is 2. The fraction of sp³-hybridized carbons (Fsp3) is 0.235. The molecule has 1 amide bonds. The summed E-state index contributed by atoms with van der Waals surface area (Å²) in [5.41, 5.74) is 1.56. The van der Waals surface area contributed by atoms with E-state index in [1.807, 2.05) is 43.3 Å². The van der Waals surface area contributed by atoms with Gasteiger partial charge in [0, 0.05) is 23.7 Å². The van der Waals surface area contributed by atoms with Crippen LogP contribution in [0.1, 0.15) is 22.8 Å². The predicted molar refractivity (Wildman–Crippen MR) is 84.9 cm³/mol. The van der Waals surface area contributed by atoms with E-state index in [4.69, 9.17) is 16.3 Å². The van der Waals surface area contributed by atoms with Crippen LogP contribution in [-0.4, -0.2) is 24.5 Å². The second-order valence-corrected chi connectivity index (χ2v) is 5.05. The molecule has 0 aliphatic rings. The quantitative estimate of drug-likeness (QED) is 0.835. The number of amides is 1. The number of nitrogens with zero attached hydrogens (tertiary/aromatic N) is 1. The first-order valence-electron chi connectivity index (χ1n) is 6.82. The predicted octanol–water partition coefficient (Wildman–Crippen LogP) is 4.01. The third kappa shape index (κ3) is 3.76. The highest BCUT2D eigenvalue weighted by molar-refractivity contribution is 6.31. The van der Waals surface area contributed by atoms with Gasteiger partial charge in [-0.3, -0.25) is 4.79 Å². The first kappa shape index (κ1) is 15.4. The molecule has 0 bridgehead atoms. The van der Waals surface area contributed by atoms with Crippen LogP contribution in [0.5, 0.6) is 5.75 Å². The molecule has 0 aliphatic heterocycles. The Bertz CT molecular complexity index is 628. The van der Waals surface area contributed by atoms with Crippen molar-refractivity contribution in [2.24, 2.45) is 0 Å². The van der Waals surface area contributed by atoms with Crippen LogP contribution in [0.3, 0.4) is 0 Å². The average molecular weight is 304 g/mol. The zero-order valence-corrected chi connectivity index (χ0v) is 12.9. The molecule has 0 atom stereocenters. The fourth-order valence-corrected chi connectivity index (χ4v) is 2.29. The molecule has 2 aromatic carbocycles. The van der Waals surface area contributed by atoms with Gasteiger partial charge in [0.05, 0.1) is 7.11 Å². The summed E-state index contributed by atoms with van der Waals surface area (Å²) in [5, 5.41) is 0.675. The van der Waals surface area contributed by atoms with Crippen LogP contribution in [0.2, 0.25) is 5.02 Å². The molecule has 2 aromatic rings. The minimum absolute atomic E-state index is 0.0312. The summed E-state index contributed by atoms with van der Waals surface area (Å²) < 4.78 is 5.16. The van der Waals surface area contributed by atoms with Crippen LogP contribution in [0.4, 0.5) is 0 Å². The number of carbonyl (C=O) groups excluding carboxylic acids is 1. The van der Waals surface area contributed by atoms with E-state index in [-0.39, 0.29) is 5.91 Å². The van der Waals surface area contributed by atoms with Crippen LogP contribution in [0.25, 0.3) is 0 Å². The van der Waals surface area contributed by atoms with Gasteiger partial charge in [-0.15, -0.1) is 0 Å². The molecule has 0 saturated carbocycles. The molecule has 0 aromatic heterocycles. The van der Waals surface area contributed by atoms with Gasteiger partial charge in [0.15, 0.2) is 0 Å². The Morgan fingerprint density at radius 1 is 1.19 bits per heavy atom. The molecule has 0 heterocycles. The molecule has 0 N–H and O–H groups in total. The molecule has 0 spiro atoms. The maximum Gasteiger partial charge on any atom is 0.254 e. The van der Waals surface area contributed by atoms with Gasteiger partial charge >= 0.3 is 0 Å². The highest BCUT2D eigenvalue weighted by Crippen LogP contribution is 2.19. The molecular formula is C17H18ClNO2. The normalized spacial score (nSPS) is 10.2. The molecular weight excluding hydrogens is 286 g/mol. The molecule has 110 valence electrons. The summed E-state index contributed by atoms with van der Waals surface area (Å²) in [6, 6.07) is 14.7. The van der Waals surface area contributed by atoms with Crippen LogP contribution in [-0.2, 0) is 6.54 Å². The molecule has 0 unspecified atom stereocenters. The van der Waals surface area contributed by atoms with E-state index in [1.165, 1.54) is 0 Å². The standard InChI is InChI=1S/C17H18ClNO2/c1-3-19(12-14-7-4-5-10-16(14)18)17(20)13-8-6-9-15(11-13)21-2/h4-11H,3,12H2,1-2H3.